The number of rotatable bonds is 2. The summed E-state index contributed by atoms with van der Waals surface area (Å²) >= 11 is 6.32. The number of anilines is 1. The predicted molar refractivity (Wildman–Crippen MR) is 106 cm³/mol. The van der Waals surface area contributed by atoms with Crippen molar-refractivity contribution >= 4 is 40.3 Å². The fourth-order valence-corrected chi connectivity index (χ4v) is 4.04. The molecule has 2 aliphatic rings. The van der Waals surface area contributed by atoms with Crippen LogP contribution in [-0.2, 0) is 0 Å². The lowest BCUT2D eigenvalue weighted by molar-refractivity contribution is 0.0944. The minimum absolute atomic E-state index is 0.000915. The molecule has 0 amide bonds. The van der Waals surface area contributed by atoms with Crippen LogP contribution in [0, 0.1) is 0 Å². The zero-order valence-electron chi connectivity index (χ0n) is 14.9. The molecule has 2 aromatic carbocycles. The number of benzene rings is 2. The summed E-state index contributed by atoms with van der Waals surface area (Å²) in [4.78, 5) is 34.0. The van der Waals surface area contributed by atoms with E-state index in [0.717, 1.165) is 11.1 Å². The average Bonchev–Trinajstić information content (AvgIpc) is 3.17. The smallest absolute Gasteiger partial charge is 0.298 e. The molecule has 2 heterocycles. The largest absolute Gasteiger partial charge is 0.423 e. The third-order valence-electron chi connectivity index (χ3n) is 5.19. The molecule has 5 rings (SSSR count). The summed E-state index contributed by atoms with van der Waals surface area (Å²) in [6.45, 7) is 2.32. The number of allylic oxidation sites excluding steroid dienone is 2. The first-order valence-corrected chi connectivity index (χ1v) is 9.45. The lowest BCUT2D eigenvalue weighted by Gasteiger charge is -2.37. The molecule has 7 heteroatoms. The van der Waals surface area contributed by atoms with Gasteiger partial charge in [-0.15, -0.1) is 0 Å². The Morgan fingerprint density at radius 1 is 0.821 bits per heavy atom. The van der Waals surface area contributed by atoms with E-state index in [1.807, 2.05) is 34.1 Å². The predicted octanol–water partition coefficient (Wildman–Crippen LogP) is 3.48. The van der Waals surface area contributed by atoms with Crippen molar-refractivity contribution in [2.45, 2.75) is 0 Å². The van der Waals surface area contributed by atoms with Crippen molar-refractivity contribution in [2.24, 2.45) is 0 Å². The lowest BCUT2D eigenvalue weighted by Crippen LogP contribution is -2.48. The number of fused-ring (bicyclic) bond motifs is 2. The molecule has 1 aliphatic heterocycles. The molecule has 6 nitrogen and oxygen atoms in total. The first-order valence-electron chi connectivity index (χ1n) is 9.07. The summed E-state index contributed by atoms with van der Waals surface area (Å²) in [6.07, 6.45) is 0. The number of ketones is 2. The molecule has 28 heavy (non-hydrogen) atoms. The number of Topliss-reactive ketones (excluding diaryl/α,β-unsaturated/α-hetero) is 2. The summed E-state index contributed by atoms with van der Waals surface area (Å²) in [5, 5.41) is -0.000915. The Bertz CT molecular complexity index is 1110. The highest BCUT2D eigenvalue weighted by molar-refractivity contribution is 6.49. The number of hydrogen-bond donors (Lipinski definition) is 0. The molecule has 0 bridgehead atoms. The highest BCUT2D eigenvalue weighted by Gasteiger charge is 2.35. The van der Waals surface area contributed by atoms with Crippen molar-refractivity contribution in [3.05, 3.63) is 70.4 Å². The molecule has 0 N–H and O–H groups in total. The standard InChI is InChI=1S/C21H16ClN3O3/c22-17-18(20(27)14-6-2-1-5-13(14)19(17)26)24-9-11-25(12-10-24)21-23-15-7-3-4-8-16(15)28-21/h1-8H,9-12H2. The molecule has 1 saturated heterocycles. The van der Waals surface area contributed by atoms with Crippen LogP contribution in [0.25, 0.3) is 11.1 Å². The van der Waals surface area contributed by atoms with Crippen molar-refractivity contribution in [1.29, 1.82) is 0 Å². The number of piperazine rings is 1. The lowest BCUT2D eigenvalue weighted by atomic mass is 9.91. The molecule has 1 aliphatic carbocycles. The van der Waals surface area contributed by atoms with Gasteiger partial charge in [0.1, 0.15) is 16.2 Å². The normalized spacial score (nSPS) is 17.5. The van der Waals surface area contributed by atoms with E-state index in [2.05, 4.69) is 4.98 Å². The van der Waals surface area contributed by atoms with Gasteiger partial charge in [0, 0.05) is 37.3 Å². The molecular weight excluding hydrogens is 378 g/mol. The Morgan fingerprint density at radius 3 is 2.14 bits per heavy atom. The van der Waals surface area contributed by atoms with Crippen molar-refractivity contribution in [3.8, 4) is 0 Å². The van der Waals surface area contributed by atoms with Gasteiger partial charge in [0.15, 0.2) is 5.58 Å². The Balaban J connectivity index is 1.38. The van der Waals surface area contributed by atoms with Gasteiger partial charge >= 0.3 is 0 Å². The molecular formula is C21H16ClN3O3. The van der Waals surface area contributed by atoms with Gasteiger partial charge in [-0.25, -0.2) is 0 Å². The Morgan fingerprint density at radius 2 is 1.43 bits per heavy atom. The highest BCUT2D eigenvalue weighted by atomic mass is 35.5. The van der Waals surface area contributed by atoms with Crippen LogP contribution in [0.4, 0.5) is 6.01 Å². The van der Waals surface area contributed by atoms with Crippen molar-refractivity contribution in [1.82, 2.24) is 9.88 Å². The average molecular weight is 394 g/mol. The fourth-order valence-electron chi connectivity index (χ4n) is 3.73. The second-order valence-corrected chi connectivity index (χ2v) is 7.18. The fraction of sp³-hybridized carbons (Fsp3) is 0.190. The Labute approximate surface area is 166 Å². The highest BCUT2D eigenvalue weighted by Crippen LogP contribution is 2.31. The molecule has 0 atom stereocenters. The molecule has 0 unspecified atom stereocenters. The molecule has 140 valence electrons. The number of oxazole rings is 1. The maximum atomic E-state index is 13.0. The van der Waals surface area contributed by atoms with Gasteiger partial charge in [0.05, 0.1) is 0 Å². The molecule has 1 fully saturated rings. The Hall–Kier alpha value is -3.12. The van der Waals surface area contributed by atoms with E-state index < -0.39 is 0 Å². The monoisotopic (exact) mass is 393 g/mol. The number of nitrogens with zero attached hydrogens (tertiary/aromatic N) is 3. The topological polar surface area (TPSA) is 66.7 Å². The molecule has 0 spiro atoms. The summed E-state index contributed by atoms with van der Waals surface area (Å²) in [7, 11) is 0. The van der Waals surface area contributed by atoms with Crippen LogP contribution in [0.2, 0.25) is 0 Å². The summed E-state index contributed by atoms with van der Waals surface area (Å²) < 4.78 is 5.83. The van der Waals surface area contributed by atoms with Crippen LogP contribution in [0.3, 0.4) is 0 Å². The van der Waals surface area contributed by atoms with E-state index in [-0.39, 0.29) is 16.6 Å². The molecule has 3 aromatic rings. The van der Waals surface area contributed by atoms with E-state index in [1.54, 1.807) is 24.3 Å². The van der Waals surface area contributed by atoms with Crippen molar-refractivity contribution in [2.75, 3.05) is 31.1 Å². The molecule has 0 radical (unpaired) electrons. The van der Waals surface area contributed by atoms with Gasteiger partial charge in [0.25, 0.3) is 6.01 Å². The Kier molecular flexibility index (Phi) is 3.94. The van der Waals surface area contributed by atoms with Crippen LogP contribution >= 0.6 is 11.6 Å². The van der Waals surface area contributed by atoms with Gasteiger partial charge in [-0.3, -0.25) is 9.59 Å². The van der Waals surface area contributed by atoms with Crippen LogP contribution in [0.5, 0.6) is 0 Å². The van der Waals surface area contributed by atoms with Gasteiger partial charge in [-0.1, -0.05) is 48.0 Å². The molecule has 1 aromatic heterocycles. The van der Waals surface area contributed by atoms with Gasteiger partial charge < -0.3 is 14.2 Å². The minimum atomic E-state index is -0.298. The minimum Gasteiger partial charge on any atom is -0.423 e. The number of para-hydroxylation sites is 2. The van der Waals surface area contributed by atoms with E-state index in [9.17, 15) is 9.59 Å². The first kappa shape index (κ1) is 17.0. The van der Waals surface area contributed by atoms with Crippen LogP contribution < -0.4 is 4.90 Å². The second kappa shape index (κ2) is 6.49. The van der Waals surface area contributed by atoms with Gasteiger partial charge in [0.2, 0.25) is 11.6 Å². The van der Waals surface area contributed by atoms with Crippen LogP contribution in [0.1, 0.15) is 20.7 Å². The number of aromatic nitrogens is 1. The quantitative estimate of drug-likeness (QED) is 0.664. The zero-order valence-corrected chi connectivity index (χ0v) is 15.6. The number of carbonyl (C=O) groups excluding carboxylic acids is 2. The van der Waals surface area contributed by atoms with E-state index in [1.165, 1.54) is 0 Å². The van der Waals surface area contributed by atoms with Crippen molar-refractivity contribution in [3.63, 3.8) is 0 Å². The SMILES string of the molecule is O=C1C(Cl)=C(N2CCN(c3nc4ccccc4o3)CC2)C(=O)c2ccccc21. The summed E-state index contributed by atoms with van der Waals surface area (Å²) in [5.74, 6) is -0.497. The number of carbonyl (C=O) groups is 2. The van der Waals surface area contributed by atoms with Crippen molar-refractivity contribution < 1.29 is 14.0 Å². The van der Waals surface area contributed by atoms with Crippen LogP contribution in [0.15, 0.2) is 63.7 Å². The number of hydrogen-bond acceptors (Lipinski definition) is 6. The molecule has 0 saturated carbocycles. The summed E-state index contributed by atoms with van der Waals surface area (Å²) in [6, 6.07) is 15.0. The second-order valence-electron chi connectivity index (χ2n) is 6.80. The van der Waals surface area contributed by atoms with Gasteiger partial charge in [-0.05, 0) is 12.1 Å². The summed E-state index contributed by atoms with van der Waals surface area (Å²) in [5.41, 5.74) is 2.63. The third-order valence-corrected chi connectivity index (χ3v) is 5.54. The van der Waals surface area contributed by atoms with Gasteiger partial charge in [-0.2, -0.15) is 4.98 Å². The van der Waals surface area contributed by atoms with E-state index >= 15 is 0 Å². The maximum absolute atomic E-state index is 13.0. The zero-order chi connectivity index (χ0) is 19.3. The number of halogens is 1. The van der Waals surface area contributed by atoms with E-state index in [4.69, 9.17) is 16.0 Å². The first-order chi connectivity index (χ1) is 13.6. The van der Waals surface area contributed by atoms with E-state index in [0.29, 0.717) is 49.0 Å². The maximum Gasteiger partial charge on any atom is 0.298 e. The third kappa shape index (κ3) is 2.60. The van der Waals surface area contributed by atoms with Crippen LogP contribution in [-0.4, -0.2) is 47.6 Å².